The maximum Gasteiger partial charge on any atom is 0.0920 e. The van der Waals surface area contributed by atoms with E-state index in [0.717, 1.165) is 50.1 Å². The third-order valence-corrected chi connectivity index (χ3v) is 10.2. The minimum Gasteiger partial charge on any atom is -0.381 e. The van der Waals surface area contributed by atoms with Gasteiger partial charge in [-0.05, 0) is 128 Å². The Balaban J connectivity index is 0.000000202. The van der Waals surface area contributed by atoms with Gasteiger partial charge in [-0.1, -0.05) is 38.2 Å². The van der Waals surface area contributed by atoms with E-state index in [9.17, 15) is 0 Å². The number of hydrogen-bond acceptors (Lipinski definition) is 4. The zero-order valence-corrected chi connectivity index (χ0v) is 23.6. The third-order valence-electron chi connectivity index (χ3n) is 10.2. The minimum absolute atomic E-state index is 0. The SMILES string of the molecule is C.C.CC12CCC(COCC3CCC4(C)OC4C3)CC1O2.CC1=CCC(COCC2CC=C(C)CC2)CC1. The van der Waals surface area contributed by atoms with E-state index in [1.165, 1.54) is 77.0 Å². The van der Waals surface area contributed by atoms with Crippen molar-refractivity contribution >= 4 is 0 Å². The fourth-order valence-corrected chi connectivity index (χ4v) is 6.89. The molecule has 6 rings (SSSR count). The Morgan fingerprint density at radius 2 is 1.05 bits per heavy atom. The summed E-state index contributed by atoms with van der Waals surface area (Å²) in [6.45, 7) is 12.8. The molecule has 0 bridgehead atoms. The molecule has 2 heterocycles. The molecule has 4 fully saturated rings. The van der Waals surface area contributed by atoms with Crippen LogP contribution in [-0.2, 0) is 18.9 Å². The summed E-state index contributed by atoms with van der Waals surface area (Å²) in [6, 6.07) is 0. The van der Waals surface area contributed by atoms with Crippen molar-refractivity contribution in [2.24, 2.45) is 23.7 Å². The van der Waals surface area contributed by atoms with E-state index in [0.29, 0.717) is 12.2 Å². The van der Waals surface area contributed by atoms with Crippen LogP contribution in [-0.4, -0.2) is 49.8 Å². The molecular weight excluding hydrogens is 472 g/mol. The molecule has 0 aromatic rings. The van der Waals surface area contributed by atoms with Gasteiger partial charge in [0, 0.05) is 26.4 Å². The highest BCUT2D eigenvalue weighted by atomic mass is 16.6. The van der Waals surface area contributed by atoms with Crippen LogP contribution in [0.5, 0.6) is 0 Å². The average molecular weight is 533 g/mol. The second kappa shape index (κ2) is 13.8. The molecule has 38 heavy (non-hydrogen) atoms. The smallest absolute Gasteiger partial charge is 0.0920 e. The monoisotopic (exact) mass is 532 g/mol. The van der Waals surface area contributed by atoms with Crippen molar-refractivity contribution in [2.45, 2.75) is 143 Å². The van der Waals surface area contributed by atoms with Crippen molar-refractivity contribution in [2.75, 3.05) is 26.4 Å². The van der Waals surface area contributed by atoms with Crippen LogP contribution in [0.2, 0.25) is 0 Å². The molecule has 8 unspecified atom stereocenters. The zero-order valence-electron chi connectivity index (χ0n) is 23.6. The number of rotatable bonds is 8. The summed E-state index contributed by atoms with van der Waals surface area (Å²) in [5, 5.41) is 0. The molecular formula is C34H60O4. The van der Waals surface area contributed by atoms with Crippen molar-refractivity contribution in [1.82, 2.24) is 0 Å². The molecule has 2 aliphatic heterocycles. The highest BCUT2D eigenvalue weighted by molar-refractivity contribution is 5.05. The van der Waals surface area contributed by atoms with E-state index in [1.807, 2.05) is 0 Å². The summed E-state index contributed by atoms with van der Waals surface area (Å²) in [7, 11) is 0. The molecule has 0 N–H and O–H groups in total. The molecule has 2 saturated carbocycles. The molecule has 4 nitrogen and oxygen atoms in total. The zero-order chi connectivity index (χ0) is 25.2. The first-order chi connectivity index (χ1) is 17.3. The quantitative estimate of drug-likeness (QED) is 0.232. The summed E-state index contributed by atoms with van der Waals surface area (Å²) in [5.74, 6) is 3.01. The van der Waals surface area contributed by atoms with Crippen molar-refractivity contribution in [3.63, 3.8) is 0 Å². The van der Waals surface area contributed by atoms with Crippen LogP contribution in [0.3, 0.4) is 0 Å². The first-order valence-corrected chi connectivity index (χ1v) is 15.1. The number of allylic oxidation sites excluding steroid dienone is 4. The highest BCUT2D eigenvalue weighted by Crippen LogP contribution is 2.50. The second-order valence-corrected chi connectivity index (χ2v) is 13.6. The van der Waals surface area contributed by atoms with Crippen LogP contribution < -0.4 is 0 Å². The standard InChI is InChI=1S/C16H26O3.C16H26O.2CH4/c1-15-5-3-11(7-13(15)18-15)9-17-10-12-4-6-16(2)14(8-12)19-16;1-13-3-7-15(8-4-13)11-17-12-16-9-5-14(2)6-10-16;;/h11-14H,3-10H2,1-2H3;3,5,15-16H,4,6-12H2,1-2H3;2*1H4. The third kappa shape index (κ3) is 8.66. The van der Waals surface area contributed by atoms with E-state index in [2.05, 4.69) is 39.8 Å². The molecule has 220 valence electrons. The number of hydrogen-bond donors (Lipinski definition) is 0. The molecule has 4 heteroatoms. The number of fused-ring (bicyclic) bond motifs is 2. The van der Waals surface area contributed by atoms with E-state index in [1.54, 1.807) is 11.1 Å². The molecule has 0 radical (unpaired) electrons. The predicted octanol–water partition coefficient (Wildman–Crippen LogP) is 8.69. The van der Waals surface area contributed by atoms with Crippen molar-refractivity contribution < 1.29 is 18.9 Å². The highest BCUT2D eigenvalue weighted by Gasteiger charge is 2.56. The lowest BCUT2D eigenvalue weighted by Crippen LogP contribution is -2.27. The lowest BCUT2D eigenvalue weighted by molar-refractivity contribution is 0.0520. The van der Waals surface area contributed by atoms with Crippen molar-refractivity contribution in [1.29, 1.82) is 0 Å². The van der Waals surface area contributed by atoms with Gasteiger partial charge in [0.15, 0.2) is 0 Å². The average Bonchev–Trinajstić information content (AvgIpc) is 3.74. The maximum absolute atomic E-state index is 6.00. The molecule has 0 aromatic carbocycles. The van der Waals surface area contributed by atoms with Gasteiger partial charge in [0.1, 0.15) is 0 Å². The van der Waals surface area contributed by atoms with Crippen molar-refractivity contribution in [3.8, 4) is 0 Å². The summed E-state index contributed by atoms with van der Waals surface area (Å²) in [4.78, 5) is 0. The minimum atomic E-state index is 0. The largest absolute Gasteiger partial charge is 0.381 e. The Morgan fingerprint density at radius 3 is 1.39 bits per heavy atom. The van der Waals surface area contributed by atoms with Gasteiger partial charge in [0.05, 0.1) is 23.4 Å². The van der Waals surface area contributed by atoms with Crippen LogP contribution in [0.4, 0.5) is 0 Å². The summed E-state index contributed by atoms with van der Waals surface area (Å²) in [6.07, 6.45) is 21.0. The van der Waals surface area contributed by atoms with E-state index in [-0.39, 0.29) is 26.1 Å². The van der Waals surface area contributed by atoms with Gasteiger partial charge in [0.25, 0.3) is 0 Å². The topological polar surface area (TPSA) is 43.5 Å². The van der Waals surface area contributed by atoms with Crippen LogP contribution in [0.15, 0.2) is 23.3 Å². The van der Waals surface area contributed by atoms with Gasteiger partial charge in [-0.15, -0.1) is 0 Å². The van der Waals surface area contributed by atoms with Crippen LogP contribution in [0.1, 0.15) is 120 Å². The summed E-state index contributed by atoms with van der Waals surface area (Å²) >= 11 is 0. The normalized spacial score (nSPS) is 40.9. The van der Waals surface area contributed by atoms with Gasteiger partial charge in [-0.2, -0.15) is 0 Å². The predicted molar refractivity (Wildman–Crippen MR) is 159 cm³/mol. The number of epoxide rings is 2. The van der Waals surface area contributed by atoms with E-state index < -0.39 is 0 Å². The molecule has 4 aliphatic carbocycles. The van der Waals surface area contributed by atoms with Crippen molar-refractivity contribution in [3.05, 3.63) is 23.3 Å². The van der Waals surface area contributed by atoms with Gasteiger partial charge in [0.2, 0.25) is 0 Å². The molecule has 0 amide bonds. The van der Waals surface area contributed by atoms with Gasteiger partial charge in [-0.25, -0.2) is 0 Å². The lowest BCUT2D eigenvalue weighted by Gasteiger charge is -2.25. The van der Waals surface area contributed by atoms with E-state index in [4.69, 9.17) is 18.9 Å². The molecule has 2 saturated heterocycles. The maximum atomic E-state index is 6.00. The van der Waals surface area contributed by atoms with Gasteiger partial charge in [-0.3, -0.25) is 0 Å². The lowest BCUT2D eigenvalue weighted by atomic mass is 9.83. The number of ether oxygens (including phenoxy) is 4. The fourth-order valence-electron chi connectivity index (χ4n) is 6.89. The molecule has 0 spiro atoms. The Hall–Kier alpha value is -0.680. The Morgan fingerprint density at radius 1 is 0.658 bits per heavy atom. The Bertz CT molecular complexity index is 740. The molecule has 6 aliphatic rings. The van der Waals surface area contributed by atoms with Crippen LogP contribution >= 0.6 is 0 Å². The van der Waals surface area contributed by atoms with Gasteiger partial charge >= 0.3 is 0 Å². The Kier molecular flexibility index (Phi) is 11.6. The first-order valence-electron chi connectivity index (χ1n) is 15.1. The van der Waals surface area contributed by atoms with Gasteiger partial charge < -0.3 is 18.9 Å². The fraction of sp³-hybridized carbons (Fsp3) is 0.882. The summed E-state index contributed by atoms with van der Waals surface area (Å²) < 4.78 is 23.4. The Labute approximate surface area is 235 Å². The van der Waals surface area contributed by atoms with Crippen LogP contribution in [0, 0.1) is 23.7 Å². The van der Waals surface area contributed by atoms with Crippen LogP contribution in [0.25, 0.3) is 0 Å². The summed E-state index contributed by atoms with van der Waals surface area (Å²) in [5.41, 5.74) is 3.62. The van der Waals surface area contributed by atoms with E-state index >= 15 is 0 Å². The first kappa shape index (κ1) is 31.8. The molecule has 8 atom stereocenters. The second-order valence-electron chi connectivity index (χ2n) is 13.6. The molecule has 0 aromatic heterocycles.